The van der Waals surface area contributed by atoms with E-state index in [-0.39, 0.29) is 31.8 Å². The summed E-state index contributed by atoms with van der Waals surface area (Å²) in [6.07, 6.45) is 1.24. The molecule has 4 amide bonds. The van der Waals surface area contributed by atoms with E-state index >= 15 is 0 Å². The van der Waals surface area contributed by atoms with Gasteiger partial charge in [-0.15, -0.1) is 0 Å². The van der Waals surface area contributed by atoms with Gasteiger partial charge in [0.25, 0.3) is 0 Å². The van der Waals surface area contributed by atoms with Crippen LogP contribution in [0.4, 0.5) is 0 Å². The summed E-state index contributed by atoms with van der Waals surface area (Å²) in [7, 11) is 0. The lowest BCUT2D eigenvalue weighted by molar-refractivity contribution is -0.149. The number of rotatable bonds is 13. The van der Waals surface area contributed by atoms with Crippen LogP contribution in [-0.4, -0.2) is 82.8 Å². The molecular formula is C19H34N8O6. The first kappa shape index (κ1) is 27.6. The normalized spacial score (nSPS) is 18.0. The number of primary amides is 1. The molecule has 0 aliphatic carbocycles. The molecule has 14 nitrogen and oxygen atoms in total. The Morgan fingerprint density at radius 3 is 2.33 bits per heavy atom. The standard InChI is InChI=1S/C19H34N8O6/c1-10(25-16(30)11(20)4-2-8-24-19(22)23)15(29)26-12(6-7-14(21)28)17(31)27-9-3-5-13(27)18(32)33/h10-13H,2-9,20H2,1H3,(H2,21,28)(H,25,30)(H,26,29)(H,32,33)(H4,22,23,24). The molecule has 0 aromatic heterocycles. The fraction of sp³-hybridized carbons (Fsp3) is 0.684. The van der Waals surface area contributed by atoms with Crippen LogP contribution in [0, 0.1) is 0 Å². The van der Waals surface area contributed by atoms with Crippen molar-refractivity contribution in [2.24, 2.45) is 27.9 Å². The monoisotopic (exact) mass is 470 g/mol. The molecule has 4 atom stereocenters. The predicted molar refractivity (Wildman–Crippen MR) is 118 cm³/mol. The van der Waals surface area contributed by atoms with Crippen LogP contribution in [0.25, 0.3) is 0 Å². The predicted octanol–water partition coefficient (Wildman–Crippen LogP) is -3.30. The van der Waals surface area contributed by atoms with Crippen LogP contribution >= 0.6 is 0 Å². The van der Waals surface area contributed by atoms with Crippen molar-refractivity contribution < 1.29 is 29.1 Å². The maximum atomic E-state index is 12.9. The molecule has 1 aliphatic rings. The van der Waals surface area contributed by atoms with Crippen LogP contribution in [0.15, 0.2) is 4.99 Å². The van der Waals surface area contributed by atoms with Crippen molar-refractivity contribution in [1.29, 1.82) is 0 Å². The quantitative estimate of drug-likeness (QED) is 0.0807. The number of guanidine groups is 1. The molecule has 33 heavy (non-hydrogen) atoms. The second kappa shape index (κ2) is 13.2. The first-order valence-corrected chi connectivity index (χ1v) is 10.7. The number of carbonyl (C=O) groups excluding carboxylic acids is 4. The van der Waals surface area contributed by atoms with Gasteiger partial charge in [-0.2, -0.15) is 0 Å². The number of hydrogen-bond donors (Lipinski definition) is 7. The molecule has 1 aliphatic heterocycles. The molecule has 14 heteroatoms. The fourth-order valence-corrected chi connectivity index (χ4v) is 3.36. The molecule has 1 heterocycles. The molecule has 1 rings (SSSR count). The van der Waals surface area contributed by atoms with Crippen LogP contribution in [0.3, 0.4) is 0 Å². The van der Waals surface area contributed by atoms with Gasteiger partial charge in [0.15, 0.2) is 5.96 Å². The van der Waals surface area contributed by atoms with E-state index in [1.165, 1.54) is 11.8 Å². The number of nitrogens with one attached hydrogen (secondary N) is 2. The maximum Gasteiger partial charge on any atom is 0.326 e. The molecule has 0 aromatic rings. The van der Waals surface area contributed by atoms with E-state index in [1.807, 2.05) is 0 Å². The van der Waals surface area contributed by atoms with Crippen molar-refractivity contribution in [2.45, 2.75) is 69.6 Å². The molecule has 1 fully saturated rings. The molecule has 0 radical (unpaired) electrons. The topological polar surface area (TPSA) is 249 Å². The number of amides is 4. The highest BCUT2D eigenvalue weighted by molar-refractivity contribution is 5.94. The summed E-state index contributed by atoms with van der Waals surface area (Å²) in [4.78, 5) is 65.3. The van der Waals surface area contributed by atoms with E-state index in [4.69, 9.17) is 22.9 Å². The third-order valence-electron chi connectivity index (χ3n) is 5.17. The van der Waals surface area contributed by atoms with Crippen molar-refractivity contribution in [1.82, 2.24) is 15.5 Å². The minimum atomic E-state index is -1.17. The Morgan fingerprint density at radius 2 is 1.76 bits per heavy atom. The minimum absolute atomic E-state index is 0.0673. The number of aliphatic carboxylic acids is 1. The van der Waals surface area contributed by atoms with Gasteiger partial charge < -0.3 is 43.6 Å². The number of carbonyl (C=O) groups is 5. The highest BCUT2D eigenvalue weighted by Crippen LogP contribution is 2.19. The van der Waals surface area contributed by atoms with Crippen molar-refractivity contribution in [3.63, 3.8) is 0 Å². The summed E-state index contributed by atoms with van der Waals surface area (Å²) in [5, 5.41) is 14.3. The van der Waals surface area contributed by atoms with Crippen molar-refractivity contribution in [3.8, 4) is 0 Å². The Morgan fingerprint density at radius 1 is 1.09 bits per heavy atom. The second-order valence-electron chi connectivity index (χ2n) is 7.88. The lowest BCUT2D eigenvalue weighted by Crippen LogP contribution is -2.56. The number of likely N-dealkylation sites (tertiary alicyclic amines) is 1. The zero-order chi connectivity index (χ0) is 25.1. The summed E-state index contributed by atoms with van der Waals surface area (Å²) in [5.74, 6) is -3.77. The van der Waals surface area contributed by atoms with Gasteiger partial charge in [0, 0.05) is 19.5 Å². The molecule has 4 unspecified atom stereocenters. The molecular weight excluding hydrogens is 436 g/mol. The van der Waals surface area contributed by atoms with Gasteiger partial charge >= 0.3 is 5.97 Å². The number of nitrogens with two attached hydrogens (primary N) is 4. The van der Waals surface area contributed by atoms with Crippen molar-refractivity contribution in [3.05, 3.63) is 0 Å². The number of hydrogen-bond acceptors (Lipinski definition) is 7. The van der Waals surface area contributed by atoms with E-state index in [0.29, 0.717) is 25.8 Å². The third-order valence-corrected chi connectivity index (χ3v) is 5.17. The zero-order valence-electron chi connectivity index (χ0n) is 18.7. The van der Waals surface area contributed by atoms with E-state index in [0.717, 1.165) is 0 Å². The minimum Gasteiger partial charge on any atom is -0.480 e. The summed E-state index contributed by atoms with van der Waals surface area (Å²) < 4.78 is 0. The fourth-order valence-electron chi connectivity index (χ4n) is 3.36. The van der Waals surface area contributed by atoms with Gasteiger partial charge in [-0.05, 0) is 39.0 Å². The average Bonchev–Trinajstić information content (AvgIpc) is 3.23. The molecule has 1 saturated heterocycles. The smallest absolute Gasteiger partial charge is 0.326 e. The van der Waals surface area contributed by atoms with Crippen LogP contribution in [0.1, 0.15) is 45.4 Å². The second-order valence-corrected chi connectivity index (χ2v) is 7.88. The summed E-state index contributed by atoms with van der Waals surface area (Å²) >= 11 is 0. The van der Waals surface area contributed by atoms with Gasteiger partial charge in [-0.1, -0.05) is 0 Å². The third kappa shape index (κ3) is 9.31. The zero-order valence-corrected chi connectivity index (χ0v) is 18.7. The van der Waals surface area contributed by atoms with Crippen LogP contribution in [0.5, 0.6) is 0 Å². The van der Waals surface area contributed by atoms with Crippen molar-refractivity contribution >= 4 is 35.6 Å². The molecule has 0 spiro atoms. The number of nitrogens with zero attached hydrogens (tertiary/aromatic N) is 2. The first-order valence-electron chi connectivity index (χ1n) is 10.7. The van der Waals surface area contributed by atoms with E-state index in [9.17, 15) is 29.1 Å². The first-order chi connectivity index (χ1) is 15.4. The van der Waals surface area contributed by atoms with Gasteiger partial charge in [0.2, 0.25) is 23.6 Å². The lowest BCUT2D eigenvalue weighted by atomic mass is 10.1. The van der Waals surface area contributed by atoms with Gasteiger partial charge in [-0.3, -0.25) is 24.2 Å². The number of carboxylic acids is 1. The Labute approximate surface area is 191 Å². The van der Waals surface area contributed by atoms with E-state index in [2.05, 4.69) is 15.6 Å². The van der Waals surface area contributed by atoms with E-state index < -0.39 is 53.8 Å². The maximum absolute atomic E-state index is 12.9. The summed E-state index contributed by atoms with van der Waals surface area (Å²) in [5.41, 5.74) is 21.4. The van der Waals surface area contributed by atoms with Gasteiger partial charge in [0.1, 0.15) is 18.1 Å². The summed E-state index contributed by atoms with van der Waals surface area (Å²) in [6.45, 7) is 1.93. The van der Waals surface area contributed by atoms with Gasteiger partial charge in [0.05, 0.1) is 6.04 Å². The Hall–Kier alpha value is -3.42. The van der Waals surface area contributed by atoms with Gasteiger partial charge in [-0.25, -0.2) is 4.79 Å². The molecule has 0 saturated carbocycles. The largest absolute Gasteiger partial charge is 0.480 e. The molecule has 11 N–H and O–H groups in total. The highest BCUT2D eigenvalue weighted by Gasteiger charge is 2.38. The Kier molecular flexibility index (Phi) is 11.0. The summed E-state index contributed by atoms with van der Waals surface area (Å²) in [6, 6.07) is -4.11. The average molecular weight is 471 g/mol. The molecule has 0 bridgehead atoms. The SMILES string of the molecule is CC(NC(=O)C(N)CCCN=C(N)N)C(=O)NC(CCC(N)=O)C(=O)N1CCCC1C(=O)O. The Bertz CT molecular complexity index is 769. The van der Waals surface area contributed by atoms with E-state index in [1.54, 1.807) is 0 Å². The molecule has 186 valence electrons. The van der Waals surface area contributed by atoms with Crippen LogP contribution in [0.2, 0.25) is 0 Å². The highest BCUT2D eigenvalue weighted by atomic mass is 16.4. The molecule has 0 aromatic carbocycles. The van der Waals surface area contributed by atoms with Crippen molar-refractivity contribution in [2.75, 3.05) is 13.1 Å². The lowest BCUT2D eigenvalue weighted by Gasteiger charge is -2.28. The number of aliphatic imine (C=N–C) groups is 1. The number of carboxylic acid groups (broad SMARTS) is 1. The Balaban J connectivity index is 2.72. The van der Waals surface area contributed by atoms with Crippen LogP contribution < -0.4 is 33.6 Å². The van der Waals surface area contributed by atoms with Crippen LogP contribution in [-0.2, 0) is 24.0 Å².